The molecule has 1 N–H and O–H groups in total. The van der Waals surface area contributed by atoms with Crippen molar-refractivity contribution in [1.82, 2.24) is 14.7 Å². The molecule has 3 fully saturated rings. The Labute approximate surface area is 203 Å². The van der Waals surface area contributed by atoms with E-state index in [-0.39, 0.29) is 36.9 Å². The van der Waals surface area contributed by atoms with Crippen LogP contribution in [0.2, 0.25) is 0 Å². The molecular formula is C26H41N3O5. The van der Waals surface area contributed by atoms with Crippen LogP contribution in [-0.2, 0) is 19.1 Å². The number of likely N-dealkylation sites (N-methyl/N-ethyl adjacent to an activating group) is 1. The Morgan fingerprint density at radius 1 is 1.24 bits per heavy atom. The number of aliphatic hydroxyl groups is 1. The van der Waals surface area contributed by atoms with E-state index in [9.17, 15) is 19.5 Å². The summed E-state index contributed by atoms with van der Waals surface area (Å²) in [6, 6.07) is -0.903. The minimum absolute atomic E-state index is 0.0312. The van der Waals surface area contributed by atoms with Crippen molar-refractivity contribution in [3.05, 3.63) is 25.3 Å². The van der Waals surface area contributed by atoms with Crippen LogP contribution in [0.5, 0.6) is 0 Å². The van der Waals surface area contributed by atoms with E-state index >= 15 is 0 Å². The summed E-state index contributed by atoms with van der Waals surface area (Å²) in [5.41, 5.74) is -1.84. The molecular weight excluding hydrogens is 434 g/mol. The van der Waals surface area contributed by atoms with E-state index < -0.39 is 29.1 Å². The number of ether oxygens (including phenoxy) is 1. The Morgan fingerprint density at radius 3 is 2.47 bits per heavy atom. The van der Waals surface area contributed by atoms with Crippen LogP contribution in [0, 0.1) is 11.8 Å². The smallest absolute Gasteiger partial charge is 0.248 e. The number of amides is 3. The standard InChI is InChI=1S/C26H41N3O5/c1-7-11-18(5)28(15-9-3)24(33)21-26-13-12-25(10-4,34-26)19(22(31)27(6)14-8-2)20(26)23(32)29(21)16-17-30/h8-9,18-21,30H,2-3,7,10-17H2,1,4-6H3/t18?,19-,20-,21?,25+,26?/m0/s1. The van der Waals surface area contributed by atoms with Crippen LogP contribution >= 0.6 is 0 Å². The van der Waals surface area contributed by atoms with E-state index in [0.29, 0.717) is 32.4 Å². The van der Waals surface area contributed by atoms with Crippen molar-refractivity contribution in [2.75, 3.05) is 33.3 Å². The number of hydrogen-bond donors (Lipinski definition) is 1. The third-order valence-corrected chi connectivity index (χ3v) is 8.15. The van der Waals surface area contributed by atoms with Crippen molar-refractivity contribution in [3.63, 3.8) is 0 Å². The molecule has 0 aromatic rings. The molecule has 0 aromatic carbocycles. The first-order valence-electron chi connectivity index (χ1n) is 12.6. The third-order valence-electron chi connectivity index (χ3n) is 8.15. The summed E-state index contributed by atoms with van der Waals surface area (Å²) in [4.78, 5) is 46.4. The second-order valence-electron chi connectivity index (χ2n) is 10.0. The predicted molar refractivity (Wildman–Crippen MR) is 130 cm³/mol. The van der Waals surface area contributed by atoms with Gasteiger partial charge in [-0.1, -0.05) is 32.4 Å². The van der Waals surface area contributed by atoms with Crippen LogP contribution in [-0.4, -0.2) is 94.1 Å². The van der Waals surface area contributed by atoms with Gasteiger partial charge in [0, 0.05) is 32.7 Å². The first-order chi connectivity index (χ1) is 16.2. The van der Waals surface area contributed by atoms with Crippen molar-refractivity contribution in [2.24, 2.45) is 11.8 Å². The normalized spacial score (nSPS) is 32.4. The molecule has 1 spiro atoms. The summed E-state index contributed by atoms with van der Waals surface area (Å²) < 4.78 is 6.74. The number of carbonyl (C=O) groups excluding carboxylic acids is 3. The SMILES string of the molecule is C=CCN(C)C(=O)[C@@H]1[C@H]2C(=O)N(CCO)C(C(=O)N(CC=C)C(C)CCC)C23CC[C@@]1(CC)O3. The maximum absolute atomic E-state index is 14.1. The number of likely N-dealkylation sites (tertiary alicyclic amines) is 1. The second-order valence-corrected chi connectivity index (χ2v) is 10.0. The highest BCUT2D eigenvalue weighted by molar-refractivity contribution is 5.99. The summed E-state index contributed by atoms with van der Waals surface area (Å²) >= 11 is 0. The Hall–Kier alpha value is -2.19. The lowest BCUT2D eigenvalue weighted by Gasteiger charge is -2.38. The van der Waals surface area contributed by atoms with E-state index in [2.05, 4.69) is 20.1 Å². The molecule has 8 nitrogen and oxygen atoms in total. The minimum atomic E-state index is -1.07. The van der Waals surface area contributed by atoms with E-state index in [4.69, 9.17) is 4.74 Å². The zero-order chi connectivity index (χ0) is 25.3. The number of nitrogens with zero attached hydrogens (tertiary/aromatic N) is 3. The molecule has 34 heavy (non-hydrogen) atoms. The summed E-state index contributed by atoms with van der Waals surface area (Å²) in [5, 5.41) is 9.78. The van der Waals surface area contributed by atoms with E-state index in [0.717, 1.165) is 12.8 Å². The lowest BCUT2D eigenvalue weighted by atomic mass is 9.64. The van der Waals surface area contributed by atoms with E-state index in [1.54, 1.807) is 29.0 Å². The van der Waals surface area contributed by atoms with Gasteiger partial charge in [-0.05, 0) is 32.6 Å². The van der Waals surface area contributed by atoms with Crippen LogP contribution in [0.4, 0.5) is 0 Å². The molecule has 3 unspecified atom stereocenters. The third kappa shape index (κ3) is 3.88. The molecule has 190 valence electrons. The zero-order valence-corrected chi connectivity index (χ0v) is 21.2. The van der Waals surface area contributed by atoms with Crippen LogP contribution in [0.15, 0.2) is 25.3 Å². The fraction of sp³-hybridized carbons (Fsp3) is 0.731. The van der Waals surface area contributed by atoms with Gasteiger partial charge < -0.3 is 24.5 Å². The van der Waals surface area contributed by atoms with Crippen LogP contribution in [0.25, 0.3) is 0 Å². The maximum atomic E-state index is 14.1. The molecule has 0 aromatic heterocycles. The highest BCUT2D eigenvalue weighted by atomic mass is 16.5. The van der Waals surface area contributed by atoms with Crippen molar-refractivity contribution >= 4 is 17.7 Å². The Kier molecular flexibility index (Phi) is 7.92. The van der Waals surface area contributed by atoms with Gasteiger partial charge in [0.1, 0.15) is 11.6 Å². The molecule has 3 amide bonds. The lowest BCUT2D eigenvalue weighted by molar-refractivity contribution is -0.156. The van der Waals surface area contributed by atoms with Gasteiger partial charge in [0.2, 0.25) is 17.7 Å². The molecule has 0 radical (unpaired) electrons. The zero-order valence-electron chi connectivity index (χ0n) is 21.2. The molecule has 2 bridgehead atoms. The van der Waals surface area contributed by atoms with Gasteiger partial charge in [-0.3, -0.25) is 14.4 Å². The summed E-state index contributed by atoms with van der Waals surface area (Å²) in [6.45, 7) is 14.1. The monoisotopic (exact) mass is 475 g/mol. The average molecular weight is 476 g/mol. The highest BCUT2D eigenvalue weighted by Gasteiger charge is 2.78. The number of carbonyl (C=O) groups is 3. The summed E-state index contributed by atoms with van der Waals surface area (Å²) in [5.74, 6) is -2.02. The predicted octanol–water partition coefficient (Wildman–Crippen LogP) is 1.98. The Morgan fingerprint density at radius 2 is 1.91 bits per heavy atom. The molecule has 3 aliphatic rings. The maximum Gasteiger partial charge on any atom is 0.248 e. The molecule has 8 heteroatoms. The molecule has 3 heterocycles. The molecule has 3 saturated heterocycles. The molecule has 6 atom stereocenters. The largest absolute Gasteiger partial charge is 0.395 e. The fourth-order valence-corrected chi connectivity index (χ4v) is 6.60. The second kappa shape index (κ2) is 10.2. The number of β-amino-alcohol motifs (C(OH)–C–C–N with tert-alkyl or cyclic N) is 1. The molecule has 3 aliphatic heterocycles. The Balaban J connectivity index is 2.09. The first-order valence-corrected chi connectivity index (χ1v) is 12.6. The summed E-state index contributed by atoms with van der Waals surface area (Å²) in [6.07, 6.45) is 6.83. The molecule has 0 aliphatic carbocycles. The number of aliphatic hydroxyl groups excluding tert-OH is 1. The van der Waals surface area contributed by atoms with Gasteiger partial charge in [-0.15, -0.1) is 13.2 Å². The number of rotatable bonds is 12. The van der Waals surface area contributed by atoms with E-state index in [1.807, 2.05) is 13.8 Å². The van der Waals surface area contributed by atoms with E-state index in [1.165, 1.54) is 4.90 Å². The van der Waals surface area contributed by atoms with Gasteiger partial charge in [0.05, 0.1) is 24.0 Å². The summed E-state index contributed by atoms with van der Waals surface area (Å²) in [7, 11) is 1.71. The molecule has 3 rings (SSSR count). The highest BCUT2D eigenvalue weighted by Crippen LogP contribution is 2.64. The lowest BCUT2D eigenvalue weighted by Crippen LogP contribution is -2.58. The average Bonchev–Trinajstić information content (AvgIpc) is 3.41. The van der Waals surface area contributed by atoms with Gasteiger partial charge >= 0.3 is 0 Å². The number of hydrogen-bond acceptors (Lipinski definition) is 5. The Bertz CT molecular complexity index is 831. The van der Waals surface area contributed by atoms with Crippen molar-refractivity contribution in [3.8, 4) is 0 Å². The van der Waals surface area contributed by atoms with Gasteiger partial charge in [0.15, 0.2) is 0 Å². The van der Waals surface area contributed by atoms with Crippen molar-refractivity contribution in [2.45, 2.75) is 76.2 Å². The van der Waals surface area contributed by atoms with Crippen LogP contribution < -0.4 is 0 Å². The van der Waals surface area contributed by atoms with Crippen LogP contribution in [0.3, 0.4) is 0 Å². The molecule has 0 saturated carbocycles. The van der Waals surface area contributed by atoms with Crippen molar-refractivity contribution < 1.29 is 24.2 Å². The topological polar surface area (TPSA) is 90.4 Å². The fourth-order valence-electron chi connectivity index (χ4n) is 6.60. The van der Waals surface area contributed by atoms with Gasteiger partial charge in [-0.25, -0.2) is 0 Å². The minimum Gasteiger partial charge on any atom is -0.395 e. The van der Waals surface area contributed by atoms with Crippen molar-refractivity contribution in [1.29, 1.82) is 0 Å². The van der Waals surface area contributed by atoms with Crippen LogP contribution in [0.1, 0.15) is 52.9 Å². The van der Waals surface area contributed by atoms with Gasteiger partial charge in [-0.2, -0.15) is 0 Å². The van der Waals surface area contributed by atoms with Gasteiger partial charge in [0.25, 0.3) is 0 Å². The quantitative estimate of drug-likeness (QED) is 0.436. The first kappa shape index (κ1) is 26.4. The number of fused-ring (bicyclic) bond motifs is 1.